The molecule has 9 nitrogen and oxygen atoms in total. The van der Waals surface area contributed by atoms with Crippen molar-refractivity contribution < 1.29 is 9.59 Å². The zero-order chi connectivity index (χ0) is 26.5. The van der Waals surface area contributed by atoms with Crippen LogP contribution >= 0.6 is 0 Å². The van der Waals surface area contributed by atoms with Crippen molar-refractivity contribution in [3.8, 4) is 11.3 Å². The number of likely N-dealkylation sites (N-methyl/N-ethyl adjacent to an activating group) is 1. The Morgan fingerprint density at radius 3 is 2.58 bits per heavy atom. The second-order valence-corrected chi connectivity index (χ2v) is 10.0. The van der Waals surface area contributed by atoms with Crippen LogP contribution in [0.4, 0.5) is 11.6 Å². The number of carbonyl (C=O) groups excluding carboxylic acids is 2. The van der Waals surface area contributed by atoms with Crippen molar-refractivity contribution >= 4 is 29.3 Å². The van der Waals surface area contributed by atoms with Gasteiger partial charge in [0.05, 0.1) is 0 Å². The molecule has 1 unspecified atom stereocenters. The molecule has 1 saturated heterocycles. The van der Waals surface area contributed by atoms with E-state index in [0.717, 1.165) is 67.2 Å². The van der Waals surface area contributed by atoms with E-state index in [1.165, 1.54) is 12.8 Å². The van der Waals surface area contributed by atoms with Crippen LogP contribution in [0.2, 0.25) is 0 Å². The van der Waals surface area contributed by atoms with Crippen LogP contribution in [0.15, 0.2) is 61.1 Å². The quantitative estimate of drug-likeness (QED) is 0.368. The van der Waals surface area contributed by atoms with Crippen LogP contribution < -0.4 is 11.1 Å². The largest absolute Gasteiger partial charge is 0.382 e. The maximum absolute atomic E-state index is 12.6. The number of fused-ring (bicyclic) bond motifs is 1. The third kappa shape index (κ3) is 5.89. The molecule has 1 saturated carbocycles. The summed E-state index contributed by atoms with van der Waals surface area (Å²) in [5.41, 5.74) is 9.31. The zero-order valence-electron chi connectivity index (χ0n) is 21.6. The number of nitrogens with two attached hydrogens (primary N) is 1. The first kappa shape index (κ1) is 25.5. The van der Waals surface area contributed by atoms with E-state index in [1.807, 2.05) is 24.4 Å². The summed E-state index contributed by atoms with van der Waals surface area (Å²) in [6.07, 6.45) is 11.9. The predicted octanol–water partition coefficient (Wildman–Crippen LogP) is 4.42. The Morgan fingerprint density at radius 1 is 1.11 bits per heavy atom. The molecule has 4 heterocycles. The summed E-state index contributed by atoms with van der Waals surface area (Å²) in [6, 6.07) is 12.8. The molecular formula is C29H33N7O2. The fourth-order valence-corrected chi connectivity index (χ4v) is 4.85. The lowest BCUT2D eigenvalue weighted by atomic mass is 9.98. The van der Waals surface area contributed by atoms with E-state index >= 15 is 0 Å². The van der Waals surface area contributed by atoms with Gasteiger partial charge in [0.15, 0.2) is 0 Å². The number of carbonyl (C=O) groups is 2. The van der Waals surface area contributed by atoms with E-state index in [2.05, 4.69) is 31.6 Å². The maximum atomic E-state index is 12.6. The van der Waals surface area contributed by atoms with Gasteiger partial charge in [0.25, 0.3) is 5.91 Å². The summed E-state index contributed by atoms with van der Waals surface area (Å²) in [7, 11) is 2.15. The number of nitrogens with zero attached hydrogens (tertiary/aromatic N) is 5. The summed E-state index contributed by atoms with van der Waals surface area (Å²) in [5.74, 6) is 2.87. The number of aldehydes is 1. The minimum absolute atomic E-state index is 0.211. The molecule has 1 aliphatic carbocycles. The van der Waals surface area contributed by atoms with Gasteiger partial charge in [0.2, 0.25) is 0 Å². The molecule has 6 rings (SSSR count). The molecule has 1 aliphatic heterocycles. The number of piperidine rings is 1. The molecule has 1 aromatic carbocycles. The summed E-state index contributed by atoms with van der Waals surface area (Å²) < 4.78 is 2.07. The molecule has 1 atom stereocenters. The summed E-state index contributed by atoms with van der Waals surface area (Å²) in [4.78, 5) is 38.0. The van der Waals surface area contributed by atoms with Gasteiger partial charge < -0.3 is 20.7 Å². The summed E-state index contributed by atoms with van der Waals surface area (Å²) >= 11 is 0. The predicted molar refractivity (Wildman–Crippen MR) is 148 cm³/mol. The number of likely N-dealkylation sites (tertiary alicyclic amines) is 1. The van der Waals surface area contributed by atoms with Gasteiger partial charge in [-0.15, -0.1) is 0 Å². The molecular weight excluding hydrogens is 478 g/mol. The van der Waals surface area contributed by atoms with Crippen molar-refractivity contribution in [2.45, 2.75) is 38.0 Å². The molecule has 3 aromatic heterocycles. The maximum Gasteiger partial charge on any atom is 0.256 e. The van der Waals surface area contributed by atoms with Crippen molar-refractivity contribution in [1.82, 2.24) is 24.3 Å². The van der Waals surface area contributed by atoms with E-state index in [9.17, 15) is 9.59 Å². The number of benzene rings is 1. The highest BCUT2D eigenvalue weighted by Crippen LogP contribution is 2.34. The molecule has 0 radical (unpaired) electrons. The lowest BCUT2D eigenvalue weighted by Crippen LogP contribution is -2.31. The minimum atomic E-state index is -0.211. The van der Waals surface area contributed by atoms with Crippen LogP contribution in [0.25, 0.3) is 16.8 Å². The highest BCUT2D eigenvalue weighted by atomic mass is 16.1. The molecule has 2 fully saturated rings. The van der Waals surface area contributed by atoms with Crippen LogP contribution in [-0.2, 0) is 4.79 Å². The second kappa shape index (κ2) is 11.5. The first-order chi connectivity index (χ1) is 18.5. The normalized spacial score (nSPS) is 17.4. The first-order valence-electron chi connectivity index (χ1n) is 13.1. The van der Waals surface area contributed by atoms with E-state index < -0.39 is 0 Å². The molecule has 0 bridgehead atoms. The number of aromatic nitrogens is 4. The number of imidazole rings is 1. The lowest BCUT2D eigenvalue weighted by molar-refractivity contribution is -0.108. The number of hydrogen-bond acceptors (Lipinski definition) is 7. The van der Waals surface area contributed by atoms with Crippen molar-refractivity contribution in [2.75, 3.05) is 31.2 Å². The van der Waals surface area contributed by atoms with Gasteiger partial charge in [-0.05, 0) is 69.5 Å². The van der Waals surface area contributed by atoms with Crippen LogP contribution in [-0.4, -0.2) is 56.6 Å². The Morgan fingerprint density at radius 2 is 1.92 bits per heavy atom. The van der Waals surface area contributed by atoms with Crippen molar-refractivity contribution in [3.63, 3.8) is 0 Å². The van der Waals surface area contributed by atoms with Crippen LogP contribution in [0, 0.1) is 5.92 Å². The van der Waals surface area contributed by atoms with E-state index in [0.29, 0.717) is 23.1 Å². The van der Waals surface area contributed by atoms with Crippen molar-refractivity contribution in [3.05, 3.63) is 72.4 Å². The Balaban J connectivity index is 0.000000433. The Labute approximate surface area is 222 Å². The Bertz CT molecular complexity index is 1400. The highest BCUT2D eigenvalue weighted by Gasteiger charge is 2.26. The number of rotatable bonds is 6. The molecule has 4 aromatic rings. The molecule has 2 aliphatic rings. The number of nitrogens with one attached hydrogen (secondary N) is 1. The molecule has 196 valence electrons. The van der Waals surface area contributed by atoms with E-state index in [1.54, 1.807) is 36.7 Å². The smallest absolute Gasteiger partial charge is 0.256 e. The molecule has 9 heteroatoms. The third-order valence-electron chi connectivity index (χ3n) is 7.05. The van der Waals surface area contributed by atoms with Crippen LogP contribution in [0.3, 0.4) is 0 Å². The standard InChI is InChI=1S/C24H25N7O.C5H8O/c1-30-13-4-5-18(15-30)23-29-20(21-22(25)27-12-14-31(21)23)16-7-9-17(10-8-16)24(32)28-19-6-2-3-11-26-19;6-4-3-5-1-2-5/h2-3,6-12,14,18H,4-5,13,15H2,1H3,(H2,25,27)(H,26,28,32);4-5H,1-3H2. The second-order valence-electron chi connectivity index (χ2n) is 10.0. The van der Waals surface area contributed by atoms with Crippen molar-refractivity contribution in [2.24, 2.45) is 5.92 Å². The molecule has 0 spiro atoms. The van der Waals surface area contributed by atoms with E-state index in [4.69, 9.17) is 10.7 Å². The molecule has 3 N–H and O–H groups in total. The first-order valence-corrected chi connectivity index (χ1v) is 13.1. The number of hydrogen-bond donors (Lipinski definition) is 2. The average Bonchev–Trinajstić information content (AvgIpc) is 3.67. The number of nitrogen functional groups attached to an aromatic ring is 1. The van der Waals surface area contributed by atoms with Gasteiger partial charge in [-0.3, -0.25) is 9.20 Å². The highest BCUT2D eigenvalue weighted by molar-refractivity contribution is 6.04. The topological polar surface area (TPSA) is 119 Å². The minimum Gasteiger partial charge on any atom is -0.382 e. The SMILES string of the molecule is CN1CCCC(c2nc(-c3ccc(C(=O)Nc4ccccn4)cc3)c3c(N)nccn23)C1.O=CCC1CC1. The number of anilines is 2. The fraction of sp³-hybridized carbons (Fsp3) is 0.345. The summed E-state index contributed by atoms with van der Waals surface area (Å²) in [5, 5.41) is 2.80. The van der Waals surface area contributed by atoms with Gasteiger partial charge in [-0.25, -0.2) is 15.0 Å². The molecule has 38 heavy (non-hydrogen) atoms. The van der Waals surface area contributed by atoms with Gasteiger partial charge in [-0.1, -0.05) is 18.2 Å². The van der Waals surface area contributed by atoms with E-state index in [-0.39, 0.29) is 5.91 Å². The number of pyridine rings is 1. The van der Waals surface area contributed by atoms with Gasteiger partial charge in [-0.2, -0.15) is 0 Å². The zero-order valence-corrected chi connectivity index (χ0v) is 21.6. The lowest BCUT2D eigenvalue weighted by Gasteiger charge is -2.28. The summed E-state index contributed by atoms with van der Waals surface area (Å²) in [6.45, 7) is 2.08. The molecule has 1 amide bonds. The fourth-order valence-electron chi connectivity index (χ4n) is 4.85. The van der Waals surface area contributed by atoms with Crippen LogP contribution in [0.5, 0.6) is 0 Å². The van der Waals surface area contributed by atoms with Gasteiger partial charge in [0, 0.05) is 48.6 Å². The third-order valence-corrected chi connectivity index (χ3v) is 7.05. The van der Waals surface area contributed by atoms with Gasteiger partial charge in [0.1, 0.15) is 35.0 Å². The Hall–Kier alpha value is -4.11. The van der Waals surface area contributed by atoms with Crippen LogP contribution in [0.1, 0.15) is 54.2 Å². The van der Waals surface area contributed by atoms with Gasteiger partial charge >= 0.3 is 0 Å². The average molecular weight is 512 g/mol. The Kier molecular flexibility index (Phi) is 7.74. The van der Waals surface area contributed by atoms with Crippen molar-refractivity contribution in [1.29, 1.82) is 0 Å². The number of amides is 1. The monoisotopic (exact) mass is 511 g/mol.